The molecule has 5 heteroatoms. The van der Waals surface area contributed by atoms with Gasteiger partial charge < -0.3 is 10.4 Å². The second kappa shape index (κ2) is 6.44. The van der Waals surface area contributed by atoms with Gasteiger partial charge in [-0.05, 0) is 14.0 Å². The number of hydrogen-bond donors (Lipinski definition) is 2. The Labute approximate surface area is 108 Å². The van der Waals surface area contributed by atoms with Crippen LogP contribution in [0.1, 0.15) is 26.5 Å². The molecule has 98 valence electrons. The summed E-state index contributed by atoms with van der Waals surface area (Å²) in [5.41, 5.74) is 2.18. The lowest BCUT2D eigenvalue weighted by molar-refractivity contribution is 0.0237. The number of hydrogen-bond acceptors (Lipinski definition) is 5. The van der Waals surface area contributed by atoms with Gasteiger partial charge in [0.05, 0.1) is 16.8 Å². The van der Waals surface area contributed by atoms with Crippen molar-refractivity contribution in [1.82, 2.24) is 15.2 Å². The second-order valence-corrected chi connectivity index (χ2v) is 5.90. The maximum absolute atomic E-state index is 10.2. The molecule has 0 fully saturated rings. The van der Waals surface area contributed by atoms with Gasteiger partial charge in [0.2, 0.25) is 0 Å². The largest absolute Gasteiger partial charge is 0.388 e. The van der Waals surface area contributed by atoms with Gasteiger partial charge in [0.1, 0.15) is 0 Å². The molecule has 0 radical (unpaired) electrons. The van der Waals surface area contributed by atoms with Crippen molar-refractivity contribution >= 4 is 11.3 Å². The van der Waals surface area contributed by atoms with Crippen molar-refractivity contribution in [2.45, 2.75) is 39.0 Å². The highest BCUT2D eigenvalue weighted by atomic mass is 32.1. The van der Waals surface area contributed by atoms with Crippen LogP contribution >= 0.6 is 11.3 Å². The molecular weight excluding hydrogens is 234 g/mol. The quantitative estimate of drug-likeness (QED) is 0.773. The number of nitrogens with one attached hydrogen (secondary N) is 1. The molecule has 1 rings (SSSR count). The minimum atomic E-state index is -0.713. The highest BCUT2D eigenvalue weighted by molar-refractivity contribution is 7.07. The summed E-state index contributed by atoms with van der Waals surface area (Å²) in [7, 11) is 2.00. The number of aromatic nitrogens is 1. The van der Waals surface area contributed by atoms with Crippen molar-refractivity contribution in [1.29, 1.82) is 0 Å². The third kappa shape index (κ3) is 6.12. The first kappa shape index (κ1) is 14.6. The Morgan fingerprint density at radius 1 is 1.59 bits per heavy atom. The van der Waals surface area contributed by atoms with Gasteiger partial charge in [-0.3, -0.25) is 4.90 Å². The van der Waals surface area contributed by atoms with Crippen molar-refractivity contribution in [3.63, 3.8) is 0 Å². The summed E-state index contributed by atoms with van der Waals surface area (Å²) in [6.07, 6.45) is 0. The fourth-order valence-electron chi connectivity index (χ4n) is 1.71. The molecule has 0 aromatic carbocycles. The predicted octanol–water partition coefficient (Wildman–Crippen LogP) is 1.32. The van der Waals surface area contributed by atoms with Gasteiger partial charge in [-0.1, -0.05) is 13.8 Å². The number of likely N-dealkylation sites (N-methyl/N-ethyl adjacent to an activating group) is 1. The molecule has 0 aliphatic rings. The molecule has 1 heterocycles. The van der Waals surface area contributed by atoms with Gasteiger partial charge >= 0.3 is 0 Å². The van der Waals surface area contributed by atoms with Gasteiger partial charge in [-0.15, -0.1) is 11.3 Å². The van der Waals surface area contributed by atoms with Crippen LogP contribution in [0.2, 0.25) is 0 Å². The standard InChI is InChI=1S/C12H23N3OS/c1-10(2)13-7-12(3,16)8-15(4)5-11-6-17-9-14-11/h6,9-10,13,16H,5,7-8H2,1-4H3. The van der Waals surface area contributed by atoms with Crippen LogP contribution in [0.5, 0.6) is 0 Å². The lowest BCUT2D eigenvalue weighted by atomic mass is 10.1. The molecule has 0 bridgehead atoms. The summed E-state index contributed by atoms with van der Waals surface area (Å²) in [4.78, 5) is 6.33. The molecule has 1 unspecified atom stereocenters. The molecule has 17 heavy (non-hydrogen) atoms. The first-order chi connectivity index (χ1) is 7.89. The number of nitrogens with zero attached hydrogens (tertiary/aromatic N) is 2. The number of rotatable bonds is 7. The Balaban J connectivity index is 2.35. The number of aliphatic hydroxyl groups is 1. The second-order valence-electron chi connectivity index (χ2n) is 5.18. The van der Waals surface area contributed by atoms with E-state index in [0.29, 0.717) is 19.1 Å². The minimum absolute atomic E-state index is 0.394. The van der Waals surface area contributed by atoms with Crippen LogP contribution in [-0.2, 0) is 6.54 Å². The average Bonchev–Trinajstić information content (AvgIpc) is 2.66. The predicted molar refractivity (Wildman–Crippen MR) is 72.2 cm³/mol. The van der Waals surface area contributed by atoms with Crippen LogP contribution in [0.15, 0.2) is 10.9 Å². The third-order valence-electron chi connectivity index (χ3n) is 2.42. The summed E-state index contributed by atoms with van der Waals surface area (Å²) in [5.74, 6) is 0. The van der Waals surface area contributed by atoms with Crippen LogP contribution in [0.3, 0.4) is 0 Å². The van der Waals surface area contributed by atoms with E-state index >= 15 is 0 Å². The van der Waals surface area contributed by atoms with Gasteiger partial charge in [-0.2, -0.15) is 0 Å². The summed E-state index contributed by atoms with van der Waals surface area (Å²) in [6, 6.07) is 0.394. The van der Waals surface area contributed by atoms with E-state index in [-0.39, 0.29) is 0 Å². The van der Waals surface area contributed by atoms with Gasteiger partial charge in [0.25, 0.3) is 0 Å². The Hall–Kier alpha value is -0.490. The van der Waals surface area contributed by atoms with E-state index in [1.54, 1.807) is 11.3 Å². The molecule has 0 aliphatic carbocycles. The molecule has 2 N–H and O–H groups in total. The van der Waals surface area contributed by atoms with Crippen LogP contribution in [-0.4, -0.2) is 46.8 Å². The molecular formula is C12H23N3OS. The topological polar surface area (TPSA) is 48.4 Å². The monoisotopic (exact) mass is 257 g/mol. The van der Waals surface area contributed by atoms with Crippen molar-refractivity contribution in [2.75, 3.05) is 20.1 Å². The summed E-state index contributed by atoms with van der Waals surface area (Å²) in [6.45, 7) is 8.03. The van der Waals surface area contributed by atoms with Crippen LogP contribution in [0, 0.1) is 0 Å². The Morgan fingerprint density at radius 2 is 2.29 bits per heavy atom. The van der Waals surface area contributed by atoms with E-state index in [1.807, 2.05) is 24.9 Å². The van der Waals surface area contributed by atoms with Crippen LogP contribution in [0.4, 0.5) is 0 Å². The Bertz CT molecular complexity index is 312. The Morgan fingerprint density at radius 3 is 2.82 bits per heavy atom. The molecule has 0 amide bonds. The van der Waals surface area contributed by atoms with E-state index in [2.05, 4.69) is 29.0 Å². The smallest absolute Gasteiger partial charge is 0.0869 e. The first-order valence-electron chi connectivity index (χ1n) is 5.90. The third-order valence-corrected chi connectivity index (χ3v) is 3.05. The number of thiazole rings is 1. The van der Waals surface area contributed by atoms with E-state index in [1.165, 1.54) is 0 Å². The zero-order valence-electron chi connectivity index (χ0n) is 11.1. The van der Waals surface area contributed by atoms with Gasteiger partial charge in [0, 0.05) is 31.1 Å². The molecule has 0 spiro atoms. The highest BCUT2D eigenvalue weighted by Crippen LogP contribution is 2.09. The van der Waals surface area contributed by atoms with E-state index < -0.39 is 5.60 Å². The fourth-order valence-corrected chi connectivity index (χ4v) is 2.26. The van der Waals surface area contributed by atoms with Crippen LogP contribution < -0.4 is 5.32 Å². The zero-order valence-corrected chi connectivity index (χ0v) is 11.9. The molecule has 1 aromatic heterocycles. The van der Waals surface area contributed by atoms with Crippen molar-refractivity contribution < 1.29 is 5.11 Å². The maximum atomic E-state index is 10.2. The normalized spacial score (nSPS) is 15.5. The Kier molecular flexibility index (Phi) is 5.52. The molecule has 0 saturated carbocycles. The average molecular weight is 257 g/mol. The van der Waals surface area contributed by atoms with Crippen LogP contribution in [0.25, 0.3) is 0 Å². The van der Waals surface area contributed by atoms with Gasteiger partial charge in [-0.25, -0.2) is 4.98 Å². The molecule has 0 saturated heterocycles. The molecule has 1 atom stereocenters. The summed E-state index contributed by atoms with van der Waals surface area (Å²) < 4.78 is 0. The van der Waals surface area contributed by atoms with E-state index in [4.69, 9.17) is 0 Å². The zero-order chi connectivity index (χ0) is 12.9. The van der Waals surface area contributed by atoms with E-state index in [0.717, 1.165) is 12.2 Å². The fraction of sp³-hybridized carbons (Fsp3) is 0.750. The van der Waals surface area contributed by atoms with Crippen molar-refractivity contribution in [3.05, 3.63) is 16.6 Å². The van der Waals surface area contributed by atoms with Crippen molar-refractivity contribution in [2.24, 2.45) is 0 Å². The lowest BCUT2D eigenvalue weighted by Gasteiger charge is -2.29. The first-order valence-corrected chi connectivity index (χ1v) is 6.85. The minimum Gasteiger partial charge on any atom is -0.388 e. The summed E-state index contributed by atoms with van der Waals surface area (Å²) >= 11 is 1.60. The van der Waals surface area contributed by atoms with Crippen molar-refractivity contribution in [3.8, 4) is 0 Å². The molecule has 1 aromatic rings. The van der Waals surface area contributed by atoms with Gasteiger partial charge in [0.15, 0.2) is 0 Å². The SMILES string of the molecule is CC(C)NCC(C)(O)CN(C)Cc1cscn1. The highest BCUT2D eigenvalue weighted by Gasteiger charge is 2.22. The molecule has 0 aliphatic heterocycles. The summed E-state index contributed by atoms with van der Waals surface area (Å²) in [5, 5.41) is 15.5. The lowest BCUT2D eigenvalue weighted by Crippen LogP contribution is -2.47. The maximum Gasteiger partial charge on any atom is 0.0869 e. The van der Waals surface area contributed by atoms with E-state index in [9.17, 15) is 5.11 Å². The molecule has 4 nitrogen and oxygen atoms in total.